The van der Waals surface area contributed by atoms with Gasteiger partial charge in [0.15, 0.2) is 16.8 Å². The number of nitrogen functional groups attached to an aromatic ring is 1. The lowest BCUT2D eigenvalue weighted by Crippen LogP contribution is -1.88. The average molecular weight is 237 g/mol. The van der Waals surface area contributed by atoms with Gasteiger partial charge < -0.3 is 5.73 Å². The normalized spacial score (nSPS) is 10.1. The van der Waals surface area contributed by atoms with Gasteiger partial charge in [0, 0.05) is 5.56 Å². The molecule has 1 aromatic carbocycles. The fourth-order valence-corrected chi connectivity index (χ4v) is 1.90. The lowest BCUT2D eigenvalue weighted by Gasteiger charge is -1.98. The fraction of sp³-hybridized carbons (Fsp3) is 0. The van der Waals surface area contributed by atoms with Crippen LogP contribution in [0.4, 0.5) is 13.9 Å². The molecule has 0 saturated heterocycles. The number of nitrogens with zero attached hydrogens (tertiary/aromatic N) is 2. The highest BCUT2D eigenvalue weighted by Gasteiger charge is 2.13. The topological polar surface area (TPSA) is 62.7 Å². The van der Waals surface area contributed by atoms with Crippen molar-refractivity contribution in [3.63, 3.8) is 0 Å². The summed E-state index contributed by atoms with van der Waals surface area (Å²) >= 11 is 1.01. The molecule has 16 heavy (non-hydrogen) atoms. The quantitative estimate of drug-likeness (QED) is 0.828. The van der Waals surface area contributed by atoms with Crippen LogP contribution in [0.2, 0.25) is 0 Å². The molecule has 0 bridgehead atoms. The third-order valence-corrected chi connectivity index (χ3v) is 2.73. The number of rotatable bonds is 1. The molecule has 0 saturated carbocycles. The first-order valence-electron chi connectivity index (χ1n) is 4.23. The van der Waals surface area contributed by atoms with Gasteiger partial charge in [-0.05, 0) is 18.2 Å². The predicted molar refractivity (Wildman–Crippen MR) is 56.6 cm³/mol. The molecule has 3 nitrogen and oxygen atoms in total. The Kier molecular flexibility index (Phi) is 2.54. The van der Waals surface area contributed by atoms with E-state index in [4.69, 9.17) is 11.0 Å². The molecule has 2 rings (SSSR count). The van der Waals surface area contributed by atoms with Crippen LogP contribution >= 0.6 is 11.3 Å². The highest BCUT2D eigenvalue weighted by atomic mass is 32.1. The summed E-state index contributed by atoms with van der Waals surface area (Å²) in [6, 6.07) is 5.24. The third kappa shape index (κ3) is 1.73. The van der Waals surface area contributed by atoms with Crippen LogP contribution in [0.15, 0.2) is 18.2 Å². The highest BCUT2D eigenvalue weighted by Crippen LogP contribution is 2.29. The van der Waals surface area contributed by atoms with Crippen molar-refractivity contribution < 1.29 is 8.78 Å². The van der Waals surface area contributed by atoms with Gasteiger partial charge in [0.25, 0.3) is 0 Å². The molecule has 0 aliphatic rings. The minimum atomic E-state index is -0.979. The molecule has 1 heterocycles. The lowest BCUT2D eigenvalue weighted by atomic mass is 10.1. The van der Waals surface area contributed by atoms with Crippen molar-refractivity contribution in [3.8, 4) is 17.3 Å². The van der Waals surface area contributed by atoms with E-state index in [9.17, 15) is 8.78 Å². The molecule has 0 spiro atoms. The second-order valence-corrected chi connectivity index (χ2v) is 4.00. The summed E-state index contributed by atoms with van der Waals surface area (Å²) in [5, 5.41) is 9.03. The number of anilines is 1. The SMILES string of the molecule is N#Cc1sc(N)nc1-c1ccc(F)c(F)c1. The van der Waals surface area contributed by atoms with Crippen LogP contribution in [0.3, 0.4) is 0 Å². The van der Waals surface area contributed by atoms with Crippen LogP contribution in [0.1, 0.15) is 4.88 Å². The molecule has 0 aliphatic carbocycles. The van der Waals surface area contributed by atoms with Crippen LogP contribution in [0.25, 0.3) is 11.3 Å². The first-order chi connectivity index (χ1) is 7.61. The Morgan fingerprint density at radius 2 is 2.06 bits per heavy atom. The summed E-state index contributed by atoms with van der Waals surface area (Å²) in [5.41, 5.74) is 6.07. The zero-order valence-electron chi connectivity index (χ0n) is 7.87. The van der Waals surface area contributed by atoms with Crippen LogP contribution in [0.5, 0.6) is 0 Å². The first kappa shape index (κ1) is 10.5. The first-order valence-corrected chi connectivity index (χ1v) is 5.05. The van der Waals surface area contributed by atoms with Gasteiger partial charge >= 0.3 is 0 Å². The van der Waals surface area contributed by atoms with E-state index in [0.29, 0.717) is 5.56 Å². The monoisotopic (exact) mass is 237 g/mol. The molecule has 1 aromatic heterocycles. The van der Waals surface area contributed by atoms with Gasteiger partial charge in [0.1, 0.15) is 16.6 Å². The standard InChI is InChI=1S/C10H5F2N3S/c11-6-2-1-5(3-7(6)12)9-8(4-13)16-10(14)15-9/h1-3H,(H2,14,15). The van der Waals surface area contributed by atoms with Gasteiger partial charge in [0.2, 0.25) is 0 Å². The van der Waals surface area contributed by atoms with Crippen LogP contribution in [0, 0.1) is 23.0 Å². The molecule has 2 aromatic rings. The van der Waals surface area contributed by atoms with E-state index in [-0.39, 0.29) is 15.7 Å². The smallest absolute Gasteiger partial charge is 0.181 e. The molecule has 0 radical (unpaired) electrons. The molecule has 6 heteroatoms. The number of nitrogens with two attached hydrogens (primary N) is 1. The number of aromatic nitrogens is 1. The summed E-state index contributed by atoms with van der Waals surface area (Å²) in [6.45, 7) is 0. The lowest BCUT2D eigenvalue weighted by molar-refractivity contribution is 0.509. The summed E-state index contributed by atoms with van der Waals surface area (Å²) in [6.07, 6.45) is 0. The maximum atomic E-state index is 13.0. The Bertz CT molecular complexity index is 586. The zero-order valence-corrected chi connectivity index (χ0v) is 8.68. The summed E-state index contributed by atoms with van der Waals surface area (Å²) < 4.78 is 25.7. The maximum absolute atomic E-state index is 13.0. The third-order valence-electron chi connectivity index (χ3n) is 1.94. The second kappa shape index (κ2) is 3.87. The Morgan fingerprint density at radius 1 is 1.31 bits per heavy atom. The number of hydrogen-bond donors (Lipinski definition) is 1. The Hall–Kier alpha value is -2.00. The predicted octanol–water partition coefficient (Wildman–Crippen LogP) is 2.54. The minimum absolute atomic E-state index is 0.219. The number of halogens is 2. The Balaban J connectivity index is 2.59. The van der Waals surface area contributed by atoms with E-state index in [2.05, 4.69) is 4.98 Å². The second-order valence-electron chi connectivity index (χ2n) is 2.97. The minimum Gasteiger partial charge on any atom is -0.375 e. The van der Waals surface area contributed by atoms with Gasteiger partial charge in [-0.1, -0.05) is 11.3 Å². The van der Waals surface area contributed by atoms with Gasteiger partial charge in [-0.15, -0.1) is 0 Å². The van der Waals surface area contributed by atoms with Crippen molar-refractivity contribution in [1.29, 1.82) is 5.26 Å². The summed E-state index contributed by atoms with van der Waals surface area (Å²) in [5.74, 6) is -1.92. The number of thiazole rings is 1. The highest BCUT2D eigenvalue weighted by molar-refractivity contribution is 7.16. The van der Waals surface area contributed by atoms with E-state index in [1.54, 1.807) is 0 Å². The zero-order chi connectivity index (χ0) is 11.7. The van der Waals surface area contributed by atoms with Gasteiger partial charge in [-0.25, -0.2) is 13.8 Å². The van der Waals surface area contributed by atoms with Crippen molar-refractivity contribution >= 4 is 16.5 Å². The van der Waals surface area contributed by atoms with Crippen LogP contribution in [-0.2, 0) is 0 Å². The Morgan fingerprint density at radius 3 is 2.69 bits per heavy atom. The van der Waals surface area contributed by atoms with Gasteiger partial charge in [-0.2, -0.15) is 5.26 Å². The van der Waals surface area contributed by atoms with Gasteiger partial charge in [0.05, 0.1) is 0 Å². The molecule has 80 valence electrons. The molecule has 0 atom stereocenters. The summed E-state index contributed by atoms with van der Waals surface area (Å²) in [7, 11) is 0. The van der Waals surface area contributed by atoms with E-state index in [1.165, 1.54) is 6.07 Å². The van der Waals surface area contributed by atoms with Crippen LogP contribution in [-0.4, -0.2) is 4.98 Å². The number of benzene rings is 1. The molecule has 2 N–H and O–H groups in total. The van der Waals surface area contributed by atoms with Crippen molar-refractivity contribution in [2.75, 3.05) is 5.73 Å². The summed E-state index contributed by atoms with van der Waals surface area (Å²) in [4.78, 5) is 4.19. The van der Waals surface area contributed by atoms with Crippen molar-refractivity contribution in [1.82, 2.24) is 4.98 Å². The molecule has 0 unspecified atom stereocenters. The molecular weight excluding hydrogens is 232 g/mol. The molecule has 0 fully saturated rings. The van der Waals surface area contributed by atoms with Crippen LogP contribution < -0.4 is 5.73 Å². The van der Waals surface area contributed by atoms with E-state index < -0.39 is 11.6 Å². The van der Waals surface area contributed by atoms with E-state index >= 15 is 0 Å². The van der Waals surface area contributed by atoms with E-state index in [1.807, 2.05) is 6.07 Å². The van der Waals surface area contributed by atoms with Crippen molar-refractivity contribution in [2.45, 2.75) is 0 Å². The number of nitriles is 1. The van der Waals surface area contributed by atoms with Crippen molar-refractivity contribution in [3.05, 3.63) is 34.7 Å². The molecule has 0 aliphatic heterocycles. The molecule has 0 amide bonds. The Labute approximate surface area is 93.8 Å². The molecular formula is C10H5F2N3S. The van der Waals surface area contributed by atoms with E-state index in [0.717, 1.165) is 23.5 Å². The van der Waals surface area contributed by atoms with Gasteiger partial charge in [-0.3, -0.25) is 0 Å². The average Bonchev–Trinajstić information content (AvgIpc) is 2.63. The maximum Gasteiger partial charge on any atom is 0.181 e. The van der Waals surface area contributed by atoms with Crippen molar-refractivity contribution in [2.24, 2.45) is 0 Å². The number of hydrogen-bond acceptors (Lipinski definition) is 4. The fourth-order valence-electron chi connectivity index (χ4n) is 1.25. The largest absolute Gasteiger partial charge is 0.375 e.